The van der Waals surface area contributed by atoms with E-state index in [4.69, 9.17) is 0 Å². The van der Waals surface area contributed by atoms with Gasteiger partial charge in [0.25, 0.3) is 0 Å². The molecule has 0 N–H and O–H groups in total. The lowest BCUT2D eigenvalue weighted by Crippen LogP contribution is -2.34. The number of carbonyl (C=O) groups is 1. The number of amides is 1. The van der Waals surface area contributed by atoms with Crippen molar-refractivity contribution in [1.82, 2.24) is 4.90 Å². The molecule has 0 fully saturated rings. The fourth-order valence-electron chi connectivity index (χ4n) is 2.83. The third-order valence-corrected chi connectivity index (χ3v) is 5.40. The second-order valence-corrected chi connectivity index (χ2v) is 8.19. The van der Waals surface area contributed by atoms with Crippen molar-refractivity contribution >= 4 is 21.6 Å². The highest BCUT2D eigenvalue weighted by Crippen LogP contribution is 2.22. The van der Waals surface area contributed by atoms with Gasteiger partial charge >= 0.3 is 0 Å². The Morgan fingerprint density at radius 2 is 1.67 bits per heavy atom. The summed E-state index contributed by atoms with van der Waals surface area (Å²) in [6, 6.07) is 15.4. The maximum Gasteiger partial charge on any atom is 0.232 e. The van der Waals surface area contributed by atoms with Crippen LogP contribution in [0.3, 0.4) is 0 Å². The molecule has 2 aromatic carbocycles. The van der Waals surface area contributed by atoms with Crippen molar-refractivity contribution in [1.29, 1.82) is 0 Å². The molecule has 0 atom stereocenters. The topological polar surface area (TPSA) is 57.7 Å². The Bertz CT molecular complexity index is 857. The van der Waals surface area contributed by atoms with E-state index in [-0.39, 0.29) is 24.6 Å². The van der Waals surface area contributed by atoms with Crippen LogP contribution < -0.4 is 4.31 Å². The van der Waals surface area contributed by atoms with E-state index in [2.05, 4.69) is 0 Å². The highest BCUT2D eigenvalue weighted by Gasteiger charge is 2.21. The molecule has 5 nitrogen and oxygen atoms in total. The van der Waals surface area contributed by atoms with Crippen LogP contribution in [0, 0.1) is 5.82 Å². The Hall–Kier alpha value is -2.41. The van der Waals surface area contributed by atoms with Gasteiger partial charge in [-0.3, -0.25) is 9.10 Å². The van der Waals surface area contributed by atoms with Crippen LogP contribution in [0.1, 0.15) is 25.3 Å². The zero-order valence-electron chi connectivity index (χ0n) is 15.6. The molecule has 0 unspecified atom stereocenters. The van der Waals surface area contributed by atoms with Gasteiger partial charge < -0.3 is 4.90 Å². The molecule has 2 rings (SSSR count). The summed E-state index contributed by atoms with van der Waals surface area (Å²) in [5.41, 5.74) is 1.04. The van der Waals surface area contributed by atoms with Crippen molar-refractivity contribution in [2.45, 2.75) is 26.3 Å². The number of sulfonamides is 1. The van der Waals surface area contributed by atoms with Gasteiger partial charge in [-0.05, 0) is 31.0 Å². The Morgan fingerprint density at radius 1 is 1.04 bits per heavy atom. The summed E-state index contributed by atoms with van der Waals surface area (Å²) < 4.78 is 39.1. The zero-order valence-corrected chi connectivity index (χ0v) is 16.5. The van der Waals surface area contributed by atoms with Crippen LogP contribution in [-0.4, -0.2) is 38.6 Å². The van der Waals surface area contributed by atoms with Crippen LogP contribution >= 0.6 is 0 Å². The van der Waals surface area contributed by atoms with Gasteiger partial charge in [-0.15, -0.1) is 0 Å². The number of para-hydroxylation sites is 1. The van der Waals surface area contributed by atoms with Crippen molar-refractivity contribution in [3.05, 3.63) is 66.0 Å². The van der Waals surface area contributed by atoms with Crippen LogP contribution in [0.25, 0.3) is 0 Å². The molecule has 0 saturated carbocycles. The smallest absolute Gasteiger partial charge is 0.232 e. The molecule has 0 aromatic heterocycles. The van der Waals surface area contributed by atoms with Gasteiger partial charge in [0.1, 0.15) is 5.82 Å². The van der Waals surface area contributed by atoms with E-state index in [0.29, 0.717) is 19.5 Å². The average Bonchev–Trinajstić information content (AvgIpc) is 2.64. The maximum absolute atomic E-state index is 14.0. The summed E-state index contributed by atoms with van der Waals surface area (Å²) in [5.74, 6) is -0.656. The van der Waals surface area contributed by atoms with E-state index >= 15 is 0 Å². The number of halogens is 1. The third kappa shape index (κ3) is 6.06. The third-order valence-electron chi connectivity index (χ3n) is 4.22. The molecule has 0 spiro atoms. The fourth-order valence-corrected chi connectivity index (χ4v) is 3.80. The Labute approximate surface area is 160 Å². The van der Waals surface area contributed by atoms with Crippen LogP contribution in [-0.2, 0) is 21.4 Å². The predicted molar refractivity (Wildman–Crippen MR) is 105 cm³/mol. The van der Waals surface area contributed by atoms with E-state index in [1.165, 1.54) is 18.2 Å². The van der Waals surface area contributed by atoms with Gasteiger partial charge in [0.2, 0.25) is 15.9 Å². The number of hydrogen-bond donors (Lipinski definition) is 0. The molecule has 2 aromatic rings. The quantitative estimate of drug-likeness (QED) is 0.657. The highest BCUT2D eigenvalue weighted by atomic mass is 32.2. The second-order valence-electron chi connectivity index (χ2n) is 6.28. The fraction of sp³-hybridized carbons (Fsp3) is 0.350. The number of benzene rings is 2. The first-order valence-corrected chi connectivity index (χ1v) is 10.7. The standard InChI is InChI=1S/C20H25FN2O3S/c1-3-22(16-17-10-5-4-6-11-17)20(24)14-9-15-23(27(2,25)26)19-13-8-7-12-18(19)21/h4-8,10-13H,3,9,14-16H2,1-2H3. The molecular weight excluding hydrogens is 367 g/mol. The number of hydrogen-bond acceptors (Lipinski definition) is 3. The molecule has 0 radical (unpaired) electrons. The van der Waals surface area contributed by atoms with Crippen molar-refractivity contribution < 1.29 is 17.6 Å². The molecule has 0 aliphatic rings. The molecule has 0 saturated heterocycles. The van der Waals surface area contributed by atoms with Gasteiger partial charge in [0, 0.05) is 26.1 Å². The summed E-state index contributed by atoms with van der Waals surface area (Å²) in [6.07, 6.45) is 1.54. The number of nitrogens with zero attached hydrogens (tertiary/aromatic N) is 2. The summed E-state index contributed by atoms with van der Waals surface area (Å²) in [7, 11) is -3.64. The molecule has 0 heterocycles. The molecule has 146 valence electrons. The van der Waals surface area contributed by atoms with E-state index in [1.54, 1.807) is 11.0 Å². The molecular formula is C20H25FN2O3S. The minimum Gasteiger partial charge on any atom is -0.339 e. The molecule has 7 heteroatoms. The minimum absolute atomic E-state index is 0.00378. The maximum atomic E-state index is 14.0. The summed E-state index contributed by atoms with van der Waals surface area (Å²) in [5, 5.41) is 0. The first kappa shape index (κ1) is 20.9. The van der Waals surface area contributed by atoms with Crippen LogP contribution in [0.2, 0.25) is 0 Å². The Balaban J connectivity index is 1.99. The predicted octanol–water partition coefficient (Wildman–Crippen LogP) is 3.42. The van der Waals surface area contributed by atoms with Crippen LogP contribution in [0.15, 0.2) is 54.6 Å². The Morgan fingerprint density at radius 3 is 2.26 bits per heavy atom. The first-order valence-electron chi connectivity index (χ1n) is 8.87. The van der Waals surface area contributed by atoms with Gasteiger partial charge in [-0.1, -0.05) is 42.5 Å². The van der Waals surface area contributed by atoms with Crippen molar-refractivity contribution in [3.63, 3.8) is 0 Å². The lowest BCUT2D eigenvalue weighted by molar-refractivity contribution is -0.131. The van der Waals surface area contributed by atoms with E-state index in [9.17, 15) is 17.6 Å². The van der Waals surface area contributed by atoms with Gasteiger partial charge in [0.15, 0.2) is 0 Å². The van der Waals surface area contributed by atoms with E-state index < -0.39 is 15.8 Å². The van der Waals surface area contributed by atoms with Crippen molar-refractivity contribution in [2.75, 3.05) is 23.7 Å². The first-order chi connectivity index (χ1) is 12.8. The summed E-state index contributed by atoms with van der Waals surface area (Å²) in [6.45, 7) is 3.04. The van der Waals surface area contributed by atoms with Gasteiger partial charge in [-0.25, -0.2) is 12.8 Å². The molecule has 0 aliphatic carbocycles. The molecule has 0 bridgehead atoms. The number of carbonyl (C=O) groups excluding carboxylic acids is 1. The normalized spacial score (nSPS) is 11.2. The SMILES string of the molecule is CCN(Cc1ccccc1)C(=O)CCCN(c1ccccc1F)S(C)(=O)=O. The van der Waals surface area contributed by atoms with Gasteiger partial charge in [0.05, 0.1) is 11.9 Å². The van der Waals surface area contributed by atoms with Crippen molar-refractivity contribution in [2.24, 2.45) is 0 Å². The monoisotopic (exact) mass is 392 g/mol. The zero-order chi connectivity index (χ0) is 19.9. The average molecular weight is 392 g/mol. The Kier molecular flexibility index (Phi) is 7.36. The van der Waals surface area contributed by atoms with E-state index in [0.717, 1.165) is 16.1 Å². The van der Waals surface area contributed by atoms with Gasteiger partial charge in [-0.2, -0.15) is 0 Å². The number of rotatable bonds is 9. The second kappa shape index (κ2) is 9.50. The minimum atomic E-state index is -3.64. The van der Waals surface area contributed by atoms with Crippen molar-refractivity contribution in [3.8, 4) is 0 Å². The van der Waals surface area contributed by atoms with Crippen LogP contribution in [0.4, 0.5) is 10.1 Å². The lowest BCUT2D eigenvalue weighted by atomic mass is 10.2. The molecule has 0 aliphatic heterocycles. The largest absolute Gasteiger partial charge is 0.339 e. The molecule has 27 heavy (non-hydrogen) atoms. The highest BCUT2D eigenvalue weighted by molar-refractivity contribution is 7.92. The van der Waals surface area contributed by atoms with E-state index in [1.807, 2.05) is 37.3 Å². The summed E-state index contributed by atoms with van der Waals surface area (Å²) in [4.78, 5) is 14.2. The lowest BCUT2D eigenvalue weighted by Gasteiger charge is -2.24. The number of anilines is 1. The van der Waals surface area contributed by atoms with Crippen LogP contribution in [0.5, 0.6) is 0 Å². The molecule has 1 amide bonds. The summed E-state index contributed by atoms with van der Waals surface area (Å²) >= 11 is 0.